The molecule has 0 heterocycles. The second kappa shape index (κ2) is 7.22. The van der Waals surface area contributed by atoms with Gasteiger partial charge in [-0.3, -0.25) is 9.59 Å². The normalized spacial score (nSPS) is 12.6. The topological polar surface area (TPSA) is 84.2 Å². The van der Waals surface area contributed by atoms with Gasteiger partial charge >= 0.3 is 0 Å². The lowest BCUT2D eigenvalue weighted by atomic mass is 10.0. The van der Waals surface area contributed by atoms with E-state index < -0.39 is 6.04 Å². The number of hydrogen-bond donors (Lipinski definition) is 3. The van der Waals surface area contributed by atoms with Gasteiger partial charge in [-0.2, -0.15) is 0 Å². The largest absolute Gasteiger partial charge is 0.350 e. The molecule has 0 aliphatic carbocycles. The van der Waals surface area contributed by atoms with Crippen molar-refractivity contribution in [3.8, 4) is 0 Å². The monoisotopic (exact) mass is 291 g/mol. The maximum Gasteiger partial charge on any atom is 0.252 e. The smallest absolute Gasteiger partial charge is 0.252 e. The minimum Gasteiger partial charge on any atom is -0.350 e. The van der Waals surface area contributed by atoms with Gasteiger partial charge in [0.1, 0.15) is 6.04 Å². The van der Waals surface area contributed by atoms with Crippen molar-refractivity contribution in [3.05, 3.63) is 35.4 Å². The number of benzene rings is 1. The zero-order chi connectivity index (χ0) is 16.0. The summed E-state index contributed by atoms with van der Waals surface area (Å²) in [5.74, 6) is -0.456. The van der Waals surface area contributed by atoms with Crippen LogP contribution in [0.4, 0.5) is 0 Å². The van der Waals surface area contributed by atoms with Gasteiger partial charge in [-0.25, -0.2) is 0 Å². The predicted molar refractivity (Wildman–Crippen MR) is 84.0 cm³/mol. The molecule has 0 saturated carbocycles. The third-order valence-electron chi connectivity index (χ3n) is 2.91. The zero-order valence-electron chi connectivity index (χ0n) is 13.2. The van der Waals surface area contributed by atoms with Crippen LogP contribution in [-0.4, -0.2) is 29.9 Å². The Morgan fingerprint density at radius 1 is 1.24 bits per heavy atom. The number of carbonyl (C=O) groups is 2. The summed E-state index contributed by atoms with van der Waals surface area (Å²) in [6.07, 6.45) is 0.631. The highest BCUT2D eigenvalue weighted by Crippen LogP contribution is 2.09. The molecule has 21 heavy (non-hydrogen) atoms. The predicted octanol–water partition coefficient (Wildman–Crippen LogP) is 1.22. The Morgan fingerprint density at radius 2 is 1.86 bits per heavy atom. The molecule has 1 unspecified atom stereocenters. The Kier molecular flexibility index (Phi) is 5.90. The van der Waals surface area contributed by atoms with Crippen LogP contribution >= 0.6 is 0 Å². The van der Waals surface area contributed by atoms with Crippen molar-refractivity contribution in [1.29, 1.82) is 0 Å². The molecule has 4 N–H and O–H groups in total. The number of carbonyl (C=O) groups excluding carboxylic acids is 2. The molecule has 0 aliphatic heterocycles. The highest BCUT2D eigenvalue weighted by Gasteiger charge is 2.21. The van der Waals surface area contributed by atoms with Gasteiger partial charge in [0.15, 0.2) is 0 Å². The fourth-order valence-electron chi connectivity index (χ4n) is 1.93. The van der Waals surface area contributed by atoms with Crippen LogP contribution in [0.1, 0.15) is 43.6 Å². The molecule has 5 nitrogen and oxygen atoms in total. The Bertz CT molecular complexity index is 506. The van der Waals surface area contributed by atoms with E-state index in [1.165, 1.54) is 0 Å². The molecule has 116 valence electrons. The van der Waals surface area contributed by atoms with Crippen LogP contribution < -0.4 is 16.4 Å². The van der Waals surface area contributed by atoms with Crippen LogP contribution in [0.15, 0.2) is 24.3 Å². The van der Waals surface area contributed by atoms with Gasteiger partial charge in [0.25, 0.3) is 5.91 Å². The first-order valence-corrected chi connectivity index (χ1v) is 7.15. The second-order valence-electron chi connectivity index (χ2n) is 6.13. The maximum absolute atomic E-state index is 12.3. The first-order valence-electron chi connectivity index (χ1n) is 7.15. The lowest BCUT2D eigenvalue weighted by Crippen LogP contribution is -2.50. The van der Waals surface area contributed by atoms with Crippen LogP contribution in [-0.2, 0) is 11.2 Å². The molecule has 5 heteroatoms. The van der Waals surface area contributed by atoms with E-state index in [1.807, 2.05) is 32.9 Å². The molecule has 1 aromatic rings. The molecule has 0 saturated heterocycles. The molecular weight excluding hydrogens is 266 g/mol. The molecule has 1 atom stereocenters. The standard InChI is InChI=1S/C16H25N3O2/c1-11(14(20)19-16(2,3)4)18-15(21)13-8-6-5-7-12(13)9-10-17/h5-8,11H,9-10,17H2,1-4H3,(H,18,21)(H,19,20). The SMILES string of the molecule is CC(NC(=O)c1ccccc1CCN)C(=O)NC(C)(C)C. The second-order valence-corrected chi connectivity index (χ2v) is 6.13. The Hall–Kier alpha value is -1.88. The van der Waals surface area contributed by atoms with Crippen molar-refractivity contribution in [2.24, 2.45) is 5.73 Å². The van der Waals surface area contributed by atoms with E-state index in [0.717, 1.165) is 5.56 Å². The van der Waals surface area contributed by atoms with Crippen molar-refractivity contribution in [2.45, 2.75) is 45.7 Å². The van der Waals surface area contributed by atoms with Gasteiger partial charge in [-0.1, -0.05) is 18.2 Å². The van der Waals surface area contributed by atoms with E-state index in [9.17, 15) is 9.59 Å². The summed E-state index contributed by atoms with van der Waals surface area (Å²) in [6.45, 7) is 7.84. The van der Waals surface area contributed by atoms with Gasteiger partial charge in [0.05, 0.1) is 0 Å². The van der Waals surface area contributed by atoms with E-state index in [0.29, 0.717) is 18.5 Å². The number of amides is 2. The average molecular weight is 291 g/mol. The zero-order valence-corrected chi connectivity index (χ0v) is 13.2. The number of hydrogen-bond acceptors (Lipinski definition) is 3. The lowest BCUT2D eigenvalue weighted by Gasteiger charge is -2.24. The Balaban J connectivity index is 2.75. The van der Waals surface area contributed by atoms with Crippen LogP contribution in [0, 0.1) is 0 Å². The quantitative estimate of drug-likeness (QED) is 0.762. The average Bonchev–Trinajstić information content (AvgIpc) is 2.37. The van der Waals surface area contributed by atoms with Gasteiger partial charge in [0, 0.05) is 11.1 Å². The summed E-state index contributed by atoms with van der Waals surface area (Å²) in [5, 5.41) is 5.57. The molecule has 0 spiro atoms. The maximum atomic E-state index is 12.3. The molecule has 0 aromatic heterocycles. The molecule has 0 fully saturated rings. The van der Waals surface area contributed by atoms with Crippen LogP contribution in [0.25, 0.3) is 0 Å². The van der Waals surface area contributed by atoms with E-state index >= 15 is 0 Å². The van der Waals surface area contributed by atoms with Gasteiger partial charge in [-0.15, -0.1) is 0 Å². The third-order valence-corrected chi connectivity index (χ3v) is 2.91. The van der Waals surface area contributed by atoms with Crippen LogP contribution in [0.3, 0.4) is 0 Å². The fraction of sp³-hybridized carbons (Fsp3) is 0.500. The molecule has 1 aromatic carbocycles. The molecule has 0 radical (unpaired) electrons. The summed E-state index contributed by atoms with van der Waals surface area (Å²) >= 11 is 0. The van der Waals surface area contributed by atoms with Gasteiger partial charge < -0.3 is 16.4 Å². The third kappa shape index (κ3) is 5.55. The van der Waals surface area contributed by atoms with E-state index in [-0.39, 0.29) is 17.4 Å². The molecule has 0 bridgehead atoms. The van der Waals surface area contributed by atoms with Crippen LogP contribution in [0.2, 0.25) is 0 Å². The van der Waals surface area contributed by atoms with E-state index in [1.54, 1.807) is 19.1 Å². The summed E-state index contributed by atoms with van der Waals surface area (Å²) in [7, 11) is 0. The Labute approximate surface area is 126 Å². The summed E-state index contributed by atoms with van der Waals surface area (Å²) < 4.78 is 0. The molecular formula is C16H25N3O2. The van der Waals surface area contributed by atoms with Crippen molar-refractivity contribution in [3.63, 3.8) is 0 Å². The molecule has 2 amide bonds. The summed E-state index contributed by atoms with van der Waals surface area (Å²) in [5.41, 5.74) is 6.68. The summed E-state index contributed by atoms with van der Waals surface area (Å²) in [4.78, 5) is 24.3. The van der Waals surface area contributed by atoms with E-state index in [4.69, 9.17) is 5.73 Å². The fourth-order valence-corrected chi connectivity index (χ4v) is 1.93. The van der Waals surface area contributed by atoms with Crippen molar-refractivity contribution in [1.82, 2.24) is 10.6 Å². The highest BCUT2D eigenvalue weighted by atomic mass is 16.2. The van der Waals surface area contributed by atoms with Crippen molar-refractivity contribution in [2.75, 3.05) is 6.54 Å². The molecule has 1 rings (SSSR count). The van der Waals surface area contributed by atoms with Crippen LogP contribution in [0.5, 0.6) is 0 Å². The van der Waals surface area contributed by atoms with Gasteiger partial charge in [-0.05, 0) is 52.3 Å². The first-order chi connectivity index (χ1) is 9.74. The number of rotatable bonds is 5. The highest BCUT2D eigenvalue weighted by molar-refractivity contribution is 5.98. The Morgan fingerprint density at radius 3 is 2.43 bits per heavy atom. The van der Waals surface area contributed by atoms with Gasteiger partial charge in [0.2, 0.25) is 5.91 Å². The van der Waals surface area contributed by atoms with Crippen molar-refractivity contribution < 1.29 is 9.59 Å². The molecule has 0 aliphatic rings. The number of nitrogens with one attached hydrogen (secondary N) is 2. The summed E-state index contributed by atoms with van der Waals surface area (Å²) in [6, 6.07) is 6.70. The lowest BCUT2D eigenvalue weighted by molar-refractivity contribution is -0.124. The number of nitrogens with two attached hydrogens (primary N) is 1. The van der Waals surface area contributed by atoms with Crippen molar-refractivity contribution >= 4 is 11.8 Å². The minimum absolute atomic E-state index is 0.202. The first kappa shape index (κ1) is 17.2. The van der Waals surface area contributed by atoms with E-state index in [2.05, 4.69) is 10.6 Å². The minimum atomic E-state index is -0.595.